The standard InChI is InChI=1S/C20H14ClN3O6/c21-12-2-4-13(5-3-12)24-17(26)14-6-1-11(9-15(14)18(24)27)19(28)30-10-16(25)23-8-7-22-20(23)29/h1-6,9H,7-8,10H2,(H,22,29). The Kier molecular flexibility index (Phi) is 4.96. The highest BCUT2D eigenvalue weighted by Crippen LogP contribution is 2.30. The molecule has 0 unspecified atom stereocenters. The number of imide groups is 2. The van der Waals surface area contributed by atoms with E-state index >= 15 is 0 Å². The summed E-state index contributed by atoms with van der Waals surface area (Å²) in [5.74, 6) is -2.61. The molecule has 9 nitrogen and oxygen atoms in total. The van der Waals surface area contributed by atoms with Crippen LogP contribution in [0.3, 0.4) is 0 Å². The Bertz CT molecular complexity index is 1100. The summed E-state index contributed by atoms with van der Waals surface area (Å²) >= 11 is 5.85. The van der Waals surface area contributed by atoms with E-state index in [1.807, 2.05) is 0 Å². The van der Waals surface area contributed by atoms with Crippen LogP contribution in [0.15, 0.2) is 42.5 Å². The van der Waals surface area contributed by atoms with E-state index in [2.05, 4.69) is 5.32 Å². The van der Waals surface area contributed by atoms with Gasteiger partial charge in [0, 0.05) is 18.1 Å². The molecule has 152 valence electrons. The number of esters is 1. The Labute approximate surface area is 175 Å². The summed E-state index contributed by atoms with van der Waals surface area (Å²) < 4.78 is 4.96. The van der Waals surface area contributed by atoms with E-state index in [9.17, 15) is 24.0 Å². The van der Waals surface area contributed by atoms with Gasteiger partial charge in [0.1, 0.15) is 0 Å². The predicted molar refractivity (Wildman–Crippen MR) is 104 cm³/mol. The Balaban J connectivity index is 1.49. The molecule has 5 amide bonds. The molecular weight excluding hydrogens is 414 g/mol. The number of urea groups is 1. The van der Waals surface area contributed by atoms with Gasteiger partial charge in [-0.15, -0.1) is 0 Å². The number of amides is 5. The second kappa shape index (κ2) is 7.60. The van der Waals surface area contributed by atoms with Gasteiger partial charge in [-0.3, -0.25) is 19.3 Å². The van der Waals surface area contributed by atoms with Gasteiger partial charge in [0.15, 0.2) is 6.61 Å². The third kappa shape index (κ3) is 3.39. The van der Waals surface area contributed by atoms with Crippen molar-refractivity contribution in [1.82, 2.24) is 10.2 Å². The second-order valence-corrected chi connectivity index (χ2v) is 6.97. The van der Waals surface area contributed by atoms with E-state index in [1.54, 1.807) is 24.3 Å². The van der Waals surface area contributed by atoms with Crippen molar-refractivity contribution in [2.45, 2.75) is 0 Å². The van der Waals surface area contributed by atoms with Gasteiger partial charge in [-0.2, -0.15) is 0 Å². The quantitative estimate of drug-likeness (QED) is 0.588. The number of ether oxygens (including phenoxy) is 1. The van der Waals surface area contributed by atoms with E-state index in [1.165, 1.54) is 18.2 Å². The Morgan fingerprint density at radius 3 is 2.37 bits per heavy atom. The summed E-state index contributed by atoms with van der Waals surface area (Å²) in [6.45, 7) is -0.0814. The van der Waals surface area contributed by atoms with E-state index < -0.39 is 36.3 Å². The summed E-state index contributed by atoms with van der Waals surface area (Å²) in [4.78, 5) is 63.1. The molecule has 0 aromatic heterocycles. The zero-order valence-electron chi connectivity index (χ0n) is 15.4. The Hall–Kier alpha value is -3.72. The smallest absolute Gasteiger partial charge is 0.338 e. The monoisotopic (exact) mass is 427 g/mol. The van der Waals surface area contributed by atoms with Gasteiger partial charge < -0.3 is 10.1 Å². The van der Waals surface area contributed by atoms with Gasteiger partial charge in [-0.1, -0.05) is 11.6 Å². The fraction of sp³-hybridized carbons (Fsp3) is 0.150. The van der Waals surface area contributed by atoms with Crippen molar-refractivity contribution in [1.29, 1.82) is 0 Å². The van der Waals surface area contributed by atoms with Crippen molar-refractivity contribution in [2.75, 3.05) is 24.6 Å². The lowest BCUT2D eigenvalue weighted by molar-refractivity contribution is -0.130. The Morgan fingerprint density at radius 1 is 1.00 bits per heavy atom. The van der Waals surface area contributed by atoms with Gasteiger partial charge >= 0.3 is 12.0 Å². The maximum atomic E-state index is 12.8. The molecule has 2 aromatic rings. The van der Waals surface area contributed by atoms with E-state index in [0.717, 1.165) is 9.80 Å². The highest BCUT2D eigenvalue weighted by Gasteiger charge is 2.37. The third-order valence-electron chi connectivity index (χ3n) is 4.69. The molecule has 10 heteroatoms. The molecule has 0 radical (unpaired) electrons. The first-order chi connectivity index (χ1) is 14.4. The Morgan fingerprint density at radius 2 is 1.70 bits per heavy atom. The van der Waals surface area contributed by atoms with Crippen LogP contribution in [0.2, 0.25) is 5.02 Å². The number of anilines is 1. The topological polar surface area (TPSA) is 113 Å². The number of hydrogen-bond donors (Lipinski definition) is 1. The molecule has 0 aliphatic carbocycles. The zero-order valence-corrected chi connectivity index (χ0v) is 16.1. The first-order valence-corrected chi connectivity index (χ1v) is 9.28. The molecule has 2 aromatic carbocycles. The van der Waals surface area contributed by atoms with Crippen LogP contribution < -0.4 is 10.2 Å². The number of halogens is 1. The van der Waals surface area contributed by atoms with Crippen molar-refractivity contribution >= 4 is 47.0 Å². The number of benzene rings is 2. The number of nitrogens with one attached hydrogen (secondary N) is 1. The van der Waals surface area contributed by atoms with Crippen molar-refractivity contribution in [3.63, 3.8) is 0 Å². The molecule has 2 aliphatic heterocycles. The summed E-state index contributed by atoms with van der Waals surface area (Å²) in [7, 11) is 0. The predicted octanol–water partition coefficient (Wildman–Crippen LogP) is 1.85. The fourth-order valence-electron chi connectivity index (χ4n) is 3.19. The fourth-order valence-corrected chi connectivity index (χ4v) is 3.32. The molecule has 4 rings (SSSR count). The van der Waals surface area contributed by atoms with Crippen LogP contribution in [0.1, 0.15) is 31.1 Å². The van der Waals surface area contributed by atoms with Gasteiger partial charge in [-0.25, -0.2) is 14.5 Å². The van der Waals surface area contributed by atoms with Crippen molar-refractivity contribution < 1.29 is 28.7 Å². The minimum absolute atomic E-state index is 0.00605. The molecular formula is C20H14ClN3O6. The van der Waals surface area contributed by atoms with Crippen molar-refractivity contribution in [3.8, 4) is 0 Å². The first kappa shape index (κ1) is 19.6. The molecule has 2 aliphatic rings. The lowest BCUT2D eigenvalue weighted by atomic mass is 10.1. The second-order valence-electron chi connectivity index (χ2n) is 6.54. The van der Waals surface area contributed by atoms with Gasteiger partial charge in [0.25, 0.3) is 17.7 Å². The minimum atomic E-state index is -0.851. The highest BCUT2D eigenvalue weighted by atomic mass is 35.5. The van der Waals surface area contributed by atoms with E-state index in [0.29, 0.717) is 17.3 Å². The molecule has 30 heavy (non-hydrogen) atoms. The molecule has 1 N–H and O–H groups in total. The van der Waals surface area contributed by atoms with Gasteiger partial charge in [0.05, 0.1) is 22.4 Å². The normalized spacial score (nSPS) is 15.3. The minimum Gasteiger partial charge on any atom is -0.452 e. The molecule has 0 bridgehead atoms. The van der Waals surface area contributed by atoms with Gasteiger partial charge in [-0.05, 0) is 42.5 Å². The summed E-state index contributed by atoms with van der Waals surface area (Å²) in [5, 5.41) is 2.93. The summed E-state index contributed by atoms with van der Waals surface area (Å²) in [5.41, 5.74) is 0.557. The number of rotatable bonds is 4. The lowest BCUT2D eigenvalue weighted by Gasteiger charge is -2.13. The van der Waals surface area contributed by atoms with Crippen LogP contribution in [-0.2, 0) is 9.53 Å². The van der Waals surface area contributed by atoms with E-state index in [4.69, 9.17) is 16.3 Å². The SMILES string of the molecule is O=C(OCC(=O)N1CCNC1=O)c1ccc2c(c1)C(=O)N(c1ccc(Cl)cc1)C2=O. The van der Waals surface area contributed by atoms with E-state index in [-0.39, 0.29) is 23.2 Å². The lowest BCUT2D eigenvalue weighted by Crippen LogP contribution is -2.37. The molecule has 1 saturated heterocycles. The van der Waals surface area contributed by atoms with Crippen LogP contribution in [0.5, 0.6) is 0 Å². The maximum absolute atomic E-state index is 12.8. The van der Waals surface area contributed by atoms with Crippen LogP contribution >= 0.6 is 11.6 Å². The average molecular weight is 428 g/mol. The van der Waals surface area contributed by atoms with Gasteiger partial charge in [0.2, 0.25) is 0 Å². The number of carbonyl (C=O) groups is 5. The molecule has 0 saturated carbocycles. The van der Waals surface area contributed by atoms with Crippen LogP contribution in [0.4, 0.5) is 10.5 Å². The number of nitrogens with zero attached hydrogens (tertiary/aromatic N) is 2. The van der Waals surface area contributed by atoms with Crippen molar-refractivity contribution in [3.05, 3.63) is 64.2 Å². The summed E-state index contributed by atoms with van der Waals surface area (Å²) in [6, 6.07) is 9.60. The van der Waals surface area contributed by atoms with Crippen molar-refractivity contribution in [2.24, 2.45) is 0 Å². The molecule has 2 heterocycles. The molecule has 1 fully saturated rings. The van der Waals surface area contributed by atoms with Crippen LogP contribution in [-0.4, -0.2) is 54.3 Å². The average Bonchev–Trinajstić information content (AvgIpc) is 3.28. The maximum Gasteiger partial charge on any atom is 0.338 e. The van der Waals surface area contributed by atoms with Crippen LogP contribution in [0.25, 0.3) is 0 Å². The number of carbonyl (C=O) groups excluding carboxylic acids is 5. The zero-order chi connectivity index (χ0) is 21.4. The summed E-state index contributed by atoms with van der Waals surface area (Å²) in [6.07, 6.45) is 0. The molecule has 0 atom stereocenters. The third-order valence-corrected chi connectivity index (χ3v) is 4.94. The van der Waals surface area contributed by atoms with Crippen LogP contribution in [0, 0.1) is 0 Å². The highest BCUT2D eigenvalue weighted by molar-refractivity contribution is 6.35. The first-order valence-electron chi connectivity index (χ1n) is 8.90. The number of fused-ring (bicyclic) bond motifs is 1. The number of hydrogen-bond acceptors (Lipinski definition) is 6. The molecule has 0 spiro atoms. The largest absolute Gasteiger partial charge is 0.452 e.